The molecule has 0 bridgehead atoms. The van der Waals surface area contributed by atoms with Crippen molar-refractivity contribution in [3.8, 4) is 0 Å². The Hall–Kier alpha value is -2.09. The van der Waals surface area contributed by atoms with E-state index in [-0.39, 0.29) is 12.5 Å². The van der Waals surface area contributed by atoms with E-state index in [1.807, 2.05) is 0 Å². The first-order valence-electron chi connectivity index (χ1n) is 6.54. The van der Waals surface area contributed by atoms with E-state index in [0.29, 0.717) is 24.4 Å². The van der Waals surface area contributed by atoms with Crippen LogP contribution in [0.4, 0.5) is 4.79 Å². The Morgan fingerprint density at radius 1 is 1.43 bits per heavy atom. The topological polar surface area (TPSA) is 89.9 Å². The van der Waals surface area contributed by atoms with Gasteiger partial charge in [-0.2, -0.15) is 0 Å². The summed E-state index contributed by atoms with van der Waals surface area (Å²) < 4.78 is 0. The van der Waals surface area contributed by atoms with E-state index < -0.39 is 18.0 Å². The van der Waals surface area contributed by atoms with Gasteiger partial charge in [-0.05, 0) is 17.9 Å². The van der Waals surface area contributed by atoms with Gasteiger partial charge >= 0.3 is 12.0 Å². The van der Waals surface area contributed by atoms with Crippen molar-refractivity contribution in [2.75, 3.05) is 26.7 Å². The van der Waals surface area contributed by atoms with Gasteiger partial charge in [-0.3, -0.25) is 4.79 Å². The van der Waals surface area contributed by atoms with Gasteiger partial charge < -0.3 is 20.2 Å². The van der Waals surface area contributed by atoms with Gasteiger partial charge in [0.2, 0.25) is 5.91 Å². The molecular formula is C13H17N3O4S. The minimum atomic E-state index is -1.12. The first-order chi connectivity index (χ1) is 9.99. The molecule has 0 radical (unpaired) electrons. The van der Waals surface area contributed by atoms with E-state index in [0.717, 1.165) is 0 Å². The van der Waals surface area contributed by atoms with Gasteiger partial charge in [0, 0.05) is 25.0 Å². The van der Waals surface area contributed by atoms with Gasteiger partial charge in [0.05, 0.1) is 0 Å². The van der Waals surface area contributed by atoms with E-state index in [1.165, 1.54) is 16.2 Å². The first kappa shape index (κ1) is 15.3. The van der Waals surface area contributed by atoms with Crippen LogP contribution in [0.25, 0.3) is 0 Å². The lowest BCUT2D eigenvalue weighted by Gasteiger charge is -2.22. The third-order valence-corrected chi connectivity index (χ3v) is 4.24. The SMILES string of the molecule is CN1CCCN(C(=O)NC(C(=O)O)c2cccs2)CC1=O. The number of carboxylic acid groups (broad SMARTS) is 1. The lowest BCUT2D eigenvalue weighted by molar-refractivity contribution is -0.139. The van der Waals surface area contributed by atoms with Crippen LogP contribution in [-0.4, -0.2) is 59.5 Å². The third kappa shape index (κ3) is 3.72. The highest BCUT2D eigenvalue weighted by molar-refractivity contribution is 7.10. The zero-order valence-corrected chi connectivity index (χ0v) is 12.4. The molecule has 0 spiro atoms. The van der Waals surface area contributed by atoms with Crippen molar-refractivity contribution in [1.82, 2.24) is 15.1 Å². The van der Waals surface area contributed by atoms with Crippen LogP contribution in [0.3, 0.4) is 0 Å². The molecule has 0 saturated carbocycles. The van der Waals surface area contributed by atoms with Gasteiger partial charge in [-0.15, -0.1) is 11.3 Å². The number of amides is 3. The Balaban J connectivity index is 2.05. The lowest BCUT2D eigenvalue weighted by atomic mass is 10.2. The molecule has 1 aromatic rings. The average molecular weight is 311 g/mol. The maximum atomic E-state index is 12.2. The molecule has 1 unspecified atom stereocenters. The monoisotopic (exact) mass is 311 g/mol. The molecule has 1 aliphatic heterocycles. The predicted octanol–water partition coefficient (Wildman–Crippen LogP) is 0.747. The fourth-order valence-electron chi connectivity index (χ4n) is 2.08. The Bertz CT molecular complexity index is 532. The third-order valence-electron chi connectivity index (χ3n) is 3.30. The largest absolute Gasteiger partial charge is 0.479 e. The summed E-state index contributed by atoms with van der Waals surface area (Å²) in [4.78, 5) is 38.7. The summed E-state index contributed by atoms with van der Waals surface area (Å²) in [7, 11) is 1.69. The Labute approximate surface area is 126 Å². The van der Waals surface area contributed by atoms with Crippen molar-refractivity contribution in [3.63, 3.8) is 0 Å². The summed E-state index contributed by atoms with van der Waals surface area (Å²) in [5.74, 6) is -1.27. The van der Waals surface area contributed by atoms with Crippen LogP contribution in [0, 0.1) is 0 Å². The zero-order chi connectivity index (χ0) is 15.4. The molecule has 3 amide bonds. The number of thiophene rings is 1. The highest BCUT2D eigenvalue weighted by atomic mass is 32.1. The summed E-state index contributed by atoms with van der Waals surface area (Å²) in [6.45, 7) is 0.994. The van der Waals surface area contributed by atoms with E-state index in [2.05, 4.69) is 5.32 Å². The van der Waals surface area contributed by atoms with Crippen molar-refractivity contribution in [1.29, 1.82) is 0 Å². The van der Waals surface area contributed by atoms with Crippen LogP contribution in [-0.2, 0) is 9.59 Å². The fourth-order valence-corrected chi connectivity index (χ4v) is 2.85. The molecule has 0 aliphatic carbocycles. The molecule has 1 aromatic heterocycles. The molecule has 1 saturated heterocycles. The fraction of sp³-hybridized carbons (Fsp3) is 0.462. The summed E-state index contributed by atoms with van der Waals surface area (Å²) in [5.41, 5.74) is 0. The molecular weight excluding hydrogens is 294 g/mol. The summed E-state index contributed by atoms with van der Waals surface area (Å²) >= 11 is 1.26. The lowest BCUT2D eigenvalue weighted by Crippen LogP contribution is -2.46. The molecule has 21 heavy (non-hydrogen) atoms. The van der Waals surface area contributed by atoms with Gasteiger partial charge in [-0.25, -0.2) is 9.59 Å². The van der Waals surface area contributed by atoms with Gasteiger partial charge in [0.1, 0.15) is 6.54 Å². The second-order valence-electron chi connectivity index (χ2n) is 4.83. The maximum Gasteiger partial charge on any atom is 0.331 e. The normalized spacial score (nSPS) is 17.3. The standard InChI is InChI=1S/C13H17N3O4S/c1-15-5-3-6-16(8-10(15)17)13(20)14-11(12(18)19)9-4-2-7-21-9/h2,4,7,11H,3,5-6,8H2,1H3,(H,14,20)(H,18,19). The number of hydrogen-bond acceptors (Lipinski definition) is 4. The maximum absolute atomic E-state index is 12.2. The molecule has 114 valence electrons. The number of carboxylic acids is 1. The average Bonchev–Trinajstić information content (AvgIpc) is 2.90. The number of likely N-dealkylation sites (N-methyl/N-ethyl adjacent to an activating group) is 1. The number of urea groups is 1. The van der Waals surface area contributed by atoms with Crippen molar-refractivity contribution < 1.29 is 19.5 Å². The van der Waals surface area contributed by atoms with Crippen molar-refractivity contribution >= 4 is 29.2 Å². The van der Waals surface area contributed by atoms with Gasteiger partial charge in [0.25, 0.3) is 0 Å². The summed E-state index contributed by atoms with van der Waals surface area (Å²) in [5, 5.41) is 13.5. The molecule has 2 rings (SSSR count). The number of nitrogens with one attached hydrogen (secondary N) is 1. The smallest absolute Gasteiger partial charge is 0.331 e. The van der Waals surface area contributed by atoms with Crippen molar-refractivity contribution in [3.05, 3.63) is 22.4 Å². The number of nitrogens with zero attached hydrogens (tertiary/aromatic N) is 2. The van der Waals surface area contributed by atoms with Crippen LogP contribution in [0.15, 0.2) is 17.5 Å². The zero-order valence-electron chi connectivity index (χ0n) is 11.6. The van der Waals surface area contributed by atoms with E-state index >= 15 is 0 Å². The minimum absolute atomic E-state index is 0.0287. The Morgan fingerprint density at radius 3 is 2.81 bits per heavy atom. The molecule has 1 fully saturated rings. The van der Waals surface area contributed by atoms with E-state index in [9.17, 15) is 19.5 Å². The van der Waals surface area contributed by atoms with Crippen LogP contribution >= 0.6 is 11.3 Å². The summed E-state index contributed by atoms with van der Waals surface area (Å²) in [6, 6.07) is 1.77. The number of aliphatic carboxylic acids is 1. The molecule has 2 heterocycles. The Morgan fingerprint density at radius 2 is 2.19 bits per heavy atom. The number of hydrogen-bond donors (Lipinski definition) is 2. The molecule has 7 nitrogen and oxygen atoms in total. The van der Waals surface area contributed by atoms with Gasteiger partial charge in [0.15, 0.2) is 6.04 Å². The van der Waals surface area contributed by atoms with Crippen LogP contribution in [0.1, 0.15) is 17.3 Å². The highest BCUT2D eigenvalue weighted by Gasteiger charge is 2.28. The summed E-state index contributed by atoms with van der Waals surface area (Å²) in [6.07, 6.45) is 0.673. The van der Waals surface area contributed by atoms with Crippen LogP contribution in [0.2, 0.25) is 0 Å². The molecule has 0 aromatic carbocycles. The van der Waals surface area contributed by atoms with Crippen molar-refractivity contribution in [2.45, 2.75) is 12.5 Å². The van der Waals surface area contributed by atoms with Crippen molar-refractivity contribution in [2.24, 2.45) is 0 Å². The Kier molecular flexibility index (Phi) is 4.79. The quantitative estimate of drug-likeness (QED) is 0.862. The second-order valence-corrected chi connectivity index (χ2v) is 5.81. The molecule has 2 N–H and O–H groups in total. The number of carbonyl (C=O) groups is 3. The minimum Gasteiger partial charge on any atom is -0.479 e. The van der Waals surface area contributed by atoms with Crippen LogP contribution < -0.4 is 5.32 Å². The van der Waals surface area contributed by atoms with E-state index in [1.54, 1.807) is 29.5 Å². The van der Waals surface area contributed by atoms with Crippen LogP contribution in [0.5, 0.6) is 0 Å². The number of carbonyl (C=O) groups excluding carboxylic acids is 2. The second kappa shape index (κ2) is 6.57. The first-order valence-corrected chi connectivity index (χ1v) is 7.42. The molecule has 1 aliphatic rings. The molecule has 1 atom stereocenters. The van der Waals surface area contributed by atoms with E-state index in [4.69, 9.17) is 0 Å². The predicted molar refractivity (Wildman–Crippen MR) is 77.1 cm³/mol. The van der Waals surface area contributed by atoms with Gasteiger partial charge in [-0.1, -0.05) is 6.07 Å². The molecule has 8 heteroatoms. The number of rotatable bonds is 3. The highest BCUT2D eigenvalue weighted by Crippen LogP contribution is 2.19.